The minimum atomic E-state index is -0.463. The molecule has 1 spiro atoms. The smallest absolute Gasteiger partial charge is 0.126 e. The monoisotopic (exact) mass is 295 g/mol. The van der Waals surface area contributed by atoms with Crippen molar-refractivity contribution in [2.75, 3.05) is 19.6 Å². The lowest BCUT2D eigenvalue weighted by Crippen LogP contribution is -2.50. The highest BCUT2D eigenvalue weighted by molar-refractivity contribution is 6.30. The summed E-state index contributed by atoms with van der Waals surface area (Å²) in [7, 11) is 0. The van der Waals surface area contributed by atoms with Crippen molar-refractivity contribution in [1.82, 2.24) is 4.90 Å². The Labute approximate surface area is 125 Å². The summed E-state index contributed by atoms with van der Waals surface area (Å²) < 4.78 is 6.27. The number of rotatable bonds is 2. The number of benzene rings is 1. The van der Waals surface area contributed by atoms with E-state index in [1.807, 2.05) is 18.2 Å². The first-order chi connectivity index (χ1) is 9.62. The van der Waals surface area contributed by atoms with Gasteiger partial charge in [-0.2, -0.15) is 0 Å². The zero-order valence-electron chi connectivity index (χ0n) is 11.9. The molecule has 20 heavy (non-hydrogen) atoms. The van der Waals surface area contributed by atoms with Crippen molar-refractivity contribution >= 4 is 11.6 Å². The maximum Gasteiger partial charge on any atom is 0.126 e. The van der Waals surface area contributed by atoms with Crippen molar-refractivity contribution < 1.29 is 9.84 Å². The maximum absolute atomic E-state index is 10.4. The molecule has 0 unspecified atom stereocenters. The third-order valence-electron chi connectivity index (χ3n) is 4.53. The number of fused-ring (bicyclic) bond motifs is 1. The first kappa shape index (κ1) is 14.2. The number of hydrogen-bond donors (Lipinski definition) is 1. The molecule has 0 bridgehead atoms. The lowest BCUT2D eigenvalue weighted by Gasteiger charge is -2.46. The highest BCUT2D eigenvalue weighted by atomic mass is 35.5. The average Bonchev–Trinajstić information content (AvgIpc) is 2.43. The minimum Gasteiger partial charge on any atom is -0.487 e. The number of piperidine rings is 1. The second-order valence-corrected chi connectivity index (χ2v) is 6.47. The molecule has 2 aliphatic heterocycles. The zero-order chi connectivity index (χ0) is 14.2. The van der Waals surface area contributed by atoms with E-state index in [1.165, 1.54) is 6.42 Å². The van der Waals surface area contributed by atoms with Crippen LogP contribution >= 0.6 is 11.6 Å². The summed E-state index contributed by atoms with van der Waals surface area (Å²) in [6.07, 6.45) is 3.39. The van der Waals surface area contributed by atoms with Crippen LogP contribution in [0.25, 0.3) is 0 Å². The number of nitrogens with zero attached hydrogens (tertiary/aromatic N) is 1. The highest BCUT2D eigenvalue weighted by Gasteiger charge is 2.42. The number of aliphatic hydroxyl groups is 1. The number of ether oxygens (including phenoxy) is 1. The molecule has 1 aromatic carbocycles. The Morgan fingerprint density at radius 3 is 2.85 bits per heavy atom. The predicted molar refractivity (Wildman–Crippen MR) is 80.4 cm³/mol. The van der Waals surface area contributed by atoms with Gasteiger partial charge >= 0.3 is 0 Å². The van der Waals surface area contributed by atoms with Crippen LogP contribution in [0.15, 0.2) is 18.2 Å². The van der Waals surface area contributed by atoms with Gasteiger partial charge in [-0.25, -0.2) is 0 Å². The molecule has 0 aliphatic carbocycles. The topological polar surface area (TPSA) is 32.7 Å². The molecule has 3 rings (SSSR count). The summed E-state index contributed by atoms with van der Waals surface area (Å²) in [5, 5.41) is 11.1. The first-order valence-electron chi connectivity index (χ1n) is 7.51. The molecule has 0 amide bonds. The van der Waals surface area contributed by atoms with E-state index in [9.17, 15) is 5.11 Å². The van der Waals surface area contributed by atoms with Crippen LogP contribution in [0.1, 0.15) is 44.3 Å². The van der Waals surface area contributed by atoms with Gasteiger partial charge in [-0.1, -0.05) is 18.5 Å². The number of hydrogen-bond acceptors (Lipinski definition) is 3. The summed E-state index contributed by atoms with van der Waals surface area (Å²) >= 11 is 6.00. The third kappa shape index (κ3) is 2.67. The second-order valence-electron chi connectivity index (χ2n) is 6.03. The van der Waals surface area contributed by atoms with Crippen molar-refractivity contribution in [2.45, 2.75) is 44.3 Å². The van der Waals surface area contributed by atoms with Crippen LogP contribution in [0.4, 0.5) is 0 Å². The molecule has 1 saturated heterocycles. The Morgan fingerprint density at radius 1 is 1.40 bits per heavy atom. The summed E-state index contributed by atoms with van der Waals surface area (Å²) in [5.74, 6) is 0.803. The second kappa shape index (κ2) is 5.55. The maximum atomic E-state index is 10.4. The number of halogens is 1. The molecule has 3 nitrogen and oxygen atoms in total. The Bertz CT molecular complexity index is 483. The predicted octanol–water partition coefficient (Wildman–Crippen LogP) is 3.40. The summed E-state index contributed by atoms with van der Waals surface area (Å²) in [5.41, 5.74) is 0.643. The molecule has 2 aliphatic rings. The van der Waals surface area contributed by atoms with Gasteiger partial charge in [0.05, 0.1) is 6.10 Å². The van der Waals surface area contributed by atoms with Gasteiger partial charge in [-0.3, -0.25) is 0 Å². The Morgan fingerprint density at radius 2 is 2.15 bits per heavy atom. The normalized spacial score (nSPS) is 25.2. The minimum absolute atomic E-state index is 0.190. The van der Waals surface area contributed by atoms with E-state index in [2.05, 4.69) is 11.8 Å². The molecule has 2 heterocycles. The SMILES string of the molecule is CCCN1CCC2(CC1)C[C@H](O)c1cc(Cl)ccc1O2. The van der Waals surface area contributed by atoms with E-state index < -0.39 is 6.10 Å². The fourth-order valence-corrected chi connectivity index (χ4v) is 3.60. The van der Waals surface area contributed by atoms with E-state index >= 15 is 0 Å². The van der Waals surface area contributed by atoms with Crippen molar-refractivity contribution in [2.24, 2.45) is 0 Å². The fourth-order valence-electron chi connectivity index (χ4n) is 3.42. The largest absolute Gasteiger partial charge is 0.487 e. The quantitative estimate of drug-likeness (QED) is 0.908. The van der Waals surface area contributed by atoms with Gasteiger partial charge in [-0.05, 0) is 44.0 Å². The van der Waals surface area contributed by atoms with Crippen LogP contribution in [0.3, 0.4) is 0 Å². The fraction of sp³-hybridized carbons (Fsp3) is 0.625. The molecule has 0 radical (unpaired) electrons. The number of aliphatic hydroxyl groups excluding tert-OH is 1. The molecule has 110 valence electrons. The molecule has 1 aromatic rings. The molecule has 0 saturated carbocycles. The molecule has 1 N–H and O–H groups in total. The average molecular weight is 296 g/mol. The van der Waals surface area contributed by atoms with Crippen LogP contribution < -0.4 is 4.74 Å². The van der Waals surface area contributed by atoms with Gasteiger partial charge in [0.15, 0.2) is 0 Å². The van der Waals surface area contributed by atoms with Crippen LogP contribution in [0.5, 0.6) is 5.75 Å². The van der Waals surface area contributed by atoms with Crippen molar-refractivity contribution in [3.8, 4) is 5.75 Å². The van der Waals surface area contributed by atoms with E-state index in [1.54, 1.807) is 0 Å². The van der Waals surface area contributed by atoms with Gasteiger partial charge in [0.1, 0.15) is 11.4 Å². The summed E-state index contributed by atoms with van der Waals surface area (Å²) in [4.78, 5) is 2.48. The van der Waals surface area contributed by atoms with Crippen LogP contribution in [-0.4, -0.2) is 35.2 Å². The third-order valence-corrected chi connectivity index (χ3v) is 4.76. The van der Waals surface area contributed by atoms with Crippen molar-refractivity contribution in [1.29, 1.82) is 0 Å². The summed E-state index contributed by atoms with van der Waals surface area (Å²) in [6, 6.07) is 5.54. The van der Waals surface area contributed by atoms with E-state index in [0.29, 0.717) is 11.4 Å². The zero-order valence-corrected chi connectivity index (χ0v) is 12.7. The molecule has 0 aromatic heterocycles. The number of likely N-dealkylation sites (tertiary alicyclic amines) is 1. The molecular weight excluding hydrogens is 274 g/mol. The Balaban J connectivity index is 1.76. The first-order valence-corrected chi connectivity index (χ1v) is 7.88. The molecule has 4 heteroatoms. The lowest BCUT2D eigenvalue weighted by molar-refractivity contribution is -0.0537. The van der Waals surface area contributed by atoms with Crippen molar-refractivity contribution in [3.05, 3.63) is 28.8 Å². The van der Waals surface area contributed by atoms with Gasteiger partial charge < -0.3 is 14.7 Å². The van der Waals surface area contributed by atoms with E-state index in [0.717, 1.165) is 43.8 Å². The molecule has 1 atom stereocenters. The molecule has 1 fully saturated rings. The van der Waals surface area contributed by atoms with Crippen LogP contribution in [0, 0.1) is 0 Å². The summed E-state index contributed by atoms with van der Waals surface area (Å²) in [6.45, 7) is 5.49. The Kier molecular flexibility index (Phi) is 3.93. The van der Waals surface area contributed by atoms with Gasteiger partial charge in [0.2, 0.25) is 0 Å². The van der Waals surface area contributed by atoms with Gasteiger partial charge in [0, 0.05) is 30.1 Å². The van der Waals surface area contributed by atoms with Crippen LogP contribution in [-0.2, 0) is 0 Å². The van der Waals surface area contributed by atoms with Crippen LogP contribution in [0.2, 0.25) is 5.02 Å². The van der Waals surface area contributed by atoms with E-state index in [4.69, 9.17) is 16.3 Å². The van der Waals surface area contributed by atoms with Gasteiger partial charge in [-0.15, -0.1) is 0 Å². The highest BCUT2D eigenvalue weighted by Crippen LogP contribution is 2.44. The van der Waals surface area contributed by atoms with Gasteiger partial charge in [0.25, 0.3) is 0 Å². The molecular formula is C16H22ClNO2. The Hall–Kier alpha value is -0.770. The standard InChI is InChI=1S/C16H22ClNO2/c1-2-7-18-8-5-16(6-9-18)11-14(19)13-10-12(17)3-4-15(13)20-16/h3-4,10,14,19H,2,5-9,11H2,1H3/t14-/m0/s1. The van der Waals surface area contributed by atoms with E-state index in [-0.39, 0.29) is 5.60 Å². The lowest BCUT2D eigenvalue weighted by atomic mass is 9.81. The van der Waals surface area contributed by atoms with Crippen molar-refractivity contribution in [3.63, 3.8) is 0 Å².